The molecule has 6 heteroatoms. The smallest absolute Gasteiger partial charge is 0.323 e. The number of hydrogen-bond donors (Lipinski definition) is 0. The largest absolute Gasteiger partial charge is 0.361 e. The van der Waals surface area contributed by atoms with E-state index in [0.717, 1.165) is 25.3 Å². The lowest BCUT2D eigenvalue weighted by Gasteiger charge is -2.16. The minimum absolute atomic E-state index is 0.0859. The Kier molecular flexibility index (Phi) is 5.04. The third-order valence-corrected chi connectivity index (χ3v) is 3.63. The molecular formula is C13H18N4O2. The van der Waals surface area contributed by atoms with Crippen molar-refractivity contribution in [3.8, 4) is 0 Å². The Bertz CT molecular complexity index is 429. The minimum Gasteiger partial charge on any atom is -0.361 e. The van der Waals surface area contributed by atoms with Gasteiger partial charge in [-0.15, -0.1) is 0 Å². The average molecular weight is 262 g/mol. The predicted octanol–water partition coefficient (Wildman–Crippen LogP) is 1.56. The Morgan fingerprint density at radius 1 is 1.05 bits per heavy atom. The normalized spacial score (nSPS) is 24.1. The fourth-order valence-electron chi connectivity index (χ4n) is 3.06. The zero-order valence-electron chi connectivity index (χ0n) is 11.2. The third kappa shape index (κ3) is 4.70. The summed E-state index contributed by atoms with van der Waals surface area (Å²) in [5.41, 5.74) is 16.8. The van der Waals surface area contributed by atoms with Crippen molar-refractivity contribution in [2.24, 2.45) is 17.3 Å². The van der Waals surface area contributed by atoms with E-state index in [9.17, 15) is 9.59 Å². The molecule has 0 saturated heterocycles. The number of hydrogen-bond acceptors (Lipinski definition) is 2. The third-order valence-electron chi connectivity index (χ3n) is 3.63. The summed E-state index contributed by atoms with van der Waals surface area (Å²) >= 11 is 0. The molecule has 2 atom stereocenters. The van der Waals surface area contributed by atoms with Crippen molar-refractivity contribution in [3.05, 3.63) is 11.1 Å². The maximum atomic E-state index is 11.5. The summed E-state index contributed by atoms with van der Waals surface area (Å²) in [6.45, 7) is 4.21. The average Bonchev–Trinajstić information content (AvgIpc) is 2.53. The van der Waals surface area contributed by atoms with E-state index < -0.39 is 0 Å². The van der Waals surface area contributed by atoms with Crippen LogP contribution in [0, 0.1) is 17.3 Å². The molecule has 2 unspecified atom stereocenters. The Morgan fingerprint density at radius 2 is 1.42 bits per heavy atom. The van der Waals surface area contributed by atoms with Crippen molar-refractivity contribution in [2.45, 2.75) is 39.5 Å². The van der Waals surface area contributed by atoms with Crippen LogP contribution in [0.25, 0.3) is 11.1 Å². The lowest BCUT2D eigenvalue weighted by atomic mass is 9.88. The lowest BCUT2D eigenvalue weighted by Crippen LogP contribution is -2.17. The molecule has 1 rings (SSSR count). The number of rotatable bonds is 6. The fraction of sp³-hybridized carbons (Fsp3) is 0.692. The Labute approximate surface area is 112 Å². The maximum absolute atomic E-state index is 11.5. The van der Waals surface area contributed by atoms with Crippen molar-refractivity contribution in [1.82, 2.24) is 0 Å². The van der Waals surface area contributed by atoms with Crippen LogP contribution in [-0.2, 0) is 9.59 Å². The van der Waals surface area contributed by atoms with Crippen molar-refractivity contribution in [1.29, 1.82) is 0 Å². The second-order valence-electron chi connectivity index (χ2n) is 5.92. The highest BCUT2D eigenvalue weighted by molar-refractivity contribution is 6.25. The lowest BCUT2D eigenvalue weighted by molar-refractivity contribution is -0.119. The van der Waals surface area contributed by atoms with Gasteiger partial charge in [-0.1, -0.05) is 13.8 Å². The van der Waals surface area contributed by atoms with Crippen LogP contribution in [0.3, 0.4) is 0 Å². The van der Waals surface area contributed by atoms with Crippen LogP contribution < -0.4 is 0 Å². The van der Waals surface area contributed by atoms with Crippen LogP contribution in [0.5, 0.6) is 0 Å². The highest BCUT2D eigenvalue weighted by Gasteiger charge is 2.40. The summed E-state index contributed by atoms with van der Waals surface area (Å²) in [5, 5.41) is 0. The van der Waals surface area contributed by atoms with Gasteiger partial charge in [-0.2, -0.15) is 9.58 Å². The Morgan fingerprint density at radius 3 is 1.74 bits per heavy atom. The summed E-state index contributed by atoms with van der Waals surface area (Å²) in [6, 6.07) is 0. The van der Waals surface area contributed by atoms with Crippen LogP contribution in [-0.4, -0.2) is 33.6 Å². The highest BCUT2D eigenvalue weighted by Crippen LogP contribution is 2.47. The molecule has 1 saturated carbocycles. The first-order valence-corrected chi connectivity index (χ1v) is 6.28. The van der Waals surface area contributed by atoms with Crippen molar-refractivity contribution < 1.29 is 19.2 Å². The quantitative estimate of drug-likeness (QED) is 0.411. The van der Waals surface area contributed by atoms with Crippen LogP contribution in [0.1, 0.15) is 39.5 Å². The molecule has 0 aliphatic heterocycles. The number of Topliss-reactive ketones (excluding diaryl/α,β-unsaturated/α-hetero) is 2. The molecule has 0 N–H and O–H groups in total. The summed E-state index contributed by atoms with van der Waals surface area (Å²) in [6.07, 6.45) is 4.07. The zero-order chi connectivity index (χ0) is 14.5. The van der Waals surface area contributed by atoms with Gasteiger partial charge in [0.1, 0.15) is 0 Å². The topological polar surface area (TPSA) is 107 Å². The van der Waals surface area contributed by atoms with E-state index >= 15 is 0 Å². The Hall–Kier alpha value is -1.90. The number of carbonyl (C=O) groups excluding carboxylic acids is 2. The molecule has 0 amide bonds. The van der Waals surface area contributed by atoms with Gasteiger partial charge in [-0.3, -0.25) is 9.59 Å². The molecule has 0 bridgehead atoms. The Balaban J connectivity index is 2.75. The van der Waals surface area contributed by atoms with Crippen molar-refractivity contribution in [2.75, 3.05) is 0 Å². The van der Waals surface area contributed by atoms with Gasteiger partial charge in [0.2, 0.25) is 11.6 Å². The summed E-state index contributed by atoms with van der Waals surface area (Å²) < 4.78 is 0. The van der Waals surface area contributed by atoms with Gasteiger partial charge in [0.25, 0.3) is 0 Å². The van der Waals surface area contributed by atoms with E-state index in [2.05, 4.69) is 23.4 Å². The van der Waals surface area contributed by atoms with E-state index in [-0.39, 0.29) is 41.7 Å². The molecule has 1 fully saturated rings. The van der Waals surface area contributed by atoms with Gasteiger partial charge in [-0.25, -0.2) is 0 Å². The van der Waals surface area contributed by atoms with Crippen LogP contribution in [0.15, 0.2) is 0 Å². The van der Waals surface area contributed by atoms with E-state index in [1.807, 2.05) is 0 Å². The van der Waals surface area contributed by atoms with E-state index in [0.29, 0.717) is 0 Å². The molecule has 0 aromatic carbocycles. The monoisotopic (exact) mass is 262 g/mol. The van der Waals surface area contributed by atoms with Crippen LogP contribution in [0.4, 0.5) is 0 Å². The zero-order valence-corrected chi connectivity index (χ0v) is 11.2. The van der Waals surface area contributed by atoms with Gasteiger partial charge in [-0.05, 0) is 30.1 Å². The molecule has 0 heterocycles. The van der Waals surface area contributed by atoms with Gasteiger partial charge in [0, 0.05) is 12.8 Å². The van der Waals surface area contributed by atoms with E-state index in [1.165, 1.54) is 0 Å². The van der Waals surface area contributed by atoms with Crippen LogP contribution >= 0.6 is 0 Å². The number of nitrogens with zero attached hydrogens (tertiary/aromatic N) is 4. The predicted molar refractivity (Wildman–Crippen MR) is 68.6 cm³/mol. The first-order valence-electron chi connectivity index (χ1n) is 6.28. The highest BCUT2D eigenvalue weighted by atomic mass is 16.1. The van der Waals surface area contributed by atoms with Crippen molar-refractivity contribution in [3.63, 3.8) is 0 Å². The van der Waals surface area contributed by atoms with Gasteiger partial charge >= 0.3 is 12.4 Å². The summed E-state index contributed by atoms with van der Waals surface area (Å²) in [7, 11) is 0. The second kappa shape index (κ2) is 6.32. The maximum Gasteiger partial charge on any atom is 0.323 e. The molecule has 1 aliphatic carbocycles. The standard InChI is InChI=1S/C13H18N4O2/c1-13(2)5-9(3-11(18)7-16-14)10(6-13)4-12(19)8-17-15/h7-10H,3-6H2,1-2H3. The fourth-order valence-corrected chi connectivity index (χ4v) is 3.06. The molecule has 0 aromatic rings. The molecule has 102 valence electrons. The molecule has 1 aliphatic rings. The second-order valence-corrected chi connectivity index (χ2v) is 5.92. The number of ketones is 2. The van der Waals surface area contributed by atoms with Crippen LogP contribution in [0.2, 0.25) is 0 Å². The van der Waals surface area contributed by atoms with Gasteiger partial charge in [0.05, 0.1) is 0 Å². The molecule has 0 radical (unpaired) electrons. The molecule has 0 spiro atoms. The minimum atomic E-state index is -0.238. The summed E-state index contributed by atoms with van der Waals surface area (Å²) in [5.74, 6) is -0.287. The van der Waals surface area contributed by atoms with Gasteiger partial charge in [0.15, 0.2) is 0 Å². The van der Waals surface area contributed by atoms with Crippen molar-refractivity contribution >= 4 is 24.0 Å². The first-order chi connectivity index (χ1) is 8.88. The van der Waals surface area contributed by atoms with E-state index in [1.54, 1.807) is 0 Å². The summed E-state index contributed by atoms with van der Waals surface area (Å²) in [4.78, 5) is 28.5. The molecular weight excluding hydrogens is 244 g/mol. The van der Waals surface area contributed by atoms with E-state index in [4.69, 9.17) is 11.1 Å². The SMILES string of the molecule is CC1(C)CC(CC(=O)C=[N+]=[N-])C(CC(=O)C=[N+]=[N-])C1. The van der Waals surface area contributed by atoms with Gasteiger partial charge < -0.3 is 11.1 Å². The molecule has 19 heavy (non-hydrogen) atoms. The first kappa shape index (κ1) is 15.2. The molecule has 0 aromatic heterocycles. The number of carbonyl (C=O) groups is 2. The molecule has 6 nitrogen and oxygen atoms in total.